The summed E-state index contributed by atoms with van der Waals surface area (Å²) in [6, 6.07) is 38.1. The van der Waals surface area contributed by atoms with Gasteiger partial charge in [-0.05, 0) is 109 Å². The van der Waals surface area contributed by atoms with Gasteiger partial charge in [-0.3, -0.25) is 9.80 Å². The van der Waals surface area contributed by atoms with Gasteiger partial charge < -0.3 is 40.1 Å². The van der Waals surface area contributed by atoms with Crippen molar-refractivity contribution in [3.8, 4) is 21.6 Å². The highest BCUT2D eigenvalue weighted by molar-refractivity contribution is 7.15. The average molecular weight is 1050 g/mol. The van der Waals surface area contributed by atoms with Gasteiger partial charge in [0.1, 0.15) is 0 Å². The first-order valence-electron chi connectivity index (χ1n) is 26.7. The van der Waals surface area contributed by atoms with Crippen LogP contribution in [0.4, 0.5) is 22.7 Å². The molecule has 0 bridgehead atoms. The van der Waals surface area contributed by atoms with E-state index in [-0.39, 0.29) is 0 Å². The number of rotatable bonds is 14. The second kappa shape index (κ2) is 25.2. The predicted molar refractivity (Wildman–Crippen MR) is 312 cm³/mol. The first-order chi connectivity index (χ1) is 36.9. The highest BCUT2D eigenvalue weighted by atomic mass is 32.1. The second-order valence-corrected chi connectivity index (χ2v) is 21.9. The maximum Gasteiger partial charge on any atom is 0.0951 e. The van der Waals surface area contributed by atoms with Gasteiger partial charge in [0, 0.05) is 115 Å². The van der Waals surface area contributed by atoms with Gasteiger partial charge in [0.15, 0.2) is 0 Å². The molecule has 4 fully saturated rings. The van der Waals surface area contributed by atoms with E-state index in [0.29, 0.717) is 12.1 Å². The number of anilines is 4. The van der Waals surface area contributed by atoms with Crippen LogP contribution in [0.15, 0.2) is 121 Å². The summed E-state index contributed by atoms with van der Waals surface area (Å²) < 4.78 is 11.5. The fourth-order valence-corrected chi connectivity index (χ4v) is 12.5. The molecule has 8 heterocycles. The zero-order valence-corrected chi connectivity index (χ0v) is 45.8. The standard InChI is InChI=1S/C29H34N6OS.C28H32N6OS.C2H6/c1-33(2)18-21-5-3-4-6-25(21)29-10-8-24(37-29)16-30-28-17-31-32-27-9-7-22(15-26(27)28)35-12-11-34-13-14-36-20-23(34)19-35;1-29-14-20-4-2-3-5-25(20)21-12-24(36-19-21)15-30-28-16-31-32-27-7-6-22(13-26(27)28)34-9-8-33-10-11-35-18-23(33)17-34;1-2/h3-10,15,17,23H,11-14,16,18-20H2,1-2H3,(H,30,32);2-7,12-13,16,19,23,29H,8-11,14-15,17-18H2,1H3,(H,30,32);1-2H3. The second-order valence-electron chi connectivity index (χ2n) is 19.7. The Morgan fingerprint density at radius 2 is 1.19 bits per heavy atom. The molecule has 0 saturated carbocycles. The Morgan fingerprint density at radius 1 is 0.613 bits per heavy atom. The zero-order valence-electron chi connectivity index (χ0n) is 44.2. The lowest BCUT2D eigenvalue weighted by Gasteiger charge is -2.44. The van der Waals surface area contributed by atoms with E-state index < -0.39 is 0 Å². The van der Waals surface area contributed by atoms with Crippen LogP contribution in [0.25, 0.3) is 43.4 Å². The molecule has 75 heavy (non-hydrogen) atoms. The molecule has 4 aliphatic rings. The fraction of sp³-hybridized carbons (Fsp3) is 0.390. The van der Waals surface area contributed by atoms with E-state index in [1.165, 1.54) is 53.8 Å². The Balaban J connectivity index is 0.000000166. The SMILES string of the molecule is CC.CN(C)Cc1ccccc1-c1ccc(CNc2cnnc3ccc(N4CCN5CCOCC5C4)cc23)s1.CNCc1ccccc1-c1csc(CNc2cnnc3ccc(N4CCN5CCOCC5C4)cc23)c1. The van der Waals surface area contributed by atoms with Crippen molar-refractivity contribution in [3.05, 3.63) is 142 Å². The van der Waals surface area contributed by atoms with Crippen molar-refractivity contribution < 1.29 is 9.47 Å². The Labute approximate surface area is 450 Å². The lowest BCUT2D eigenvalue weighted by atomic mass is 10.0. The Bertz CT molecular complexity index is 3130. The van der Waals surface area contributed by atoms with Gasteiger partial charge in [0.05, 0.1) is 73.3 Å². The number of hydrogen-bond donors (Lipinski definition) is 3. The van der Waals surface area contributed by atoms with Crippen LogP contribution in [0, 0.1) is 0 Å². The van der Waals surface area contributed by atoms with E-state index in [0.717, 1.165) is 138 Å². The lowest BCUT2D eigenvalue weighted by Crippen LogP contribution is -2.58. The maximum absolute atomic E-state index is 5.74. The average Bonchev–Trinajstić information content (AvgIpc) is 4.15. The molecule has 16 heteroatoms. The number of nitrogens with one attached hydrogen (secondary N) is 3. The van der Waals surface area contributed by atoms with E-state index >= 15 is 0 Å². The summed E-state index contributed by atoms with van der Waals surface area (Å²) in [5, 5.41) is 32.3. The molecule has 0 radical (unpaired) electrons. The molecule has 392 valence electrons. The molecule has 0 spiro atoms. The quantitative estimate of drug-likeness (QED) is 0.0958. The molecular weight excluding hydrogens is 973 g/mol. The number of aromatic nitrogens is 4. The van der Waals surface area contributed by atoms with Crippen LogP contribution in [0.2, 0.25) is 0 Å². The van der Waals surface area contributed by atoms with E-state index in [1.54, 1.807) is 11.3 Å². The first kappa shape index (κ1) is 52.4. The number of thiophene rings is 2. The number of benzene rings is 4. The summed E-state index contributed by atoms with van der Waals surface area (Å²) in [5.74, 6) is 0. The highest BCUT2D eigenvalue weighted by Gasteiger charge is 2.31. The van der Waals surface area contributed by atoms with Gasteiger partial charge in [0.2, 0.25) is 0 Å². The molecule has 12 rings (SSSR count). The third-order valence-electron chi connectivity index (χ3n) is 14.5. The molecule has 4 aliphatic heterocycles. The van der Waals surface area contributed by atoms with Crippen molar-refractivity contribution in [1.82, 2.24) is 40.4 Å². The smallest absolute Gasteiger partial charge is 0.0951 e. The molecule has 4 aromatic heterocycles. The topological polar surface area (TPSA) is 122 Å². The molecule has 2 atom stereocenters. The van der Waals surface area contributed by atoms with Crippen LogP contribution in [-0.4, -0.2) is 147 Å². The largest absolute Gasteiger partial charge is 0.378 e. The summed E-state index contributed by atoms with van der Waals surface area (Å²) in [7, 11) is 6.22. The van der Waals surface area contributed by atoms with E-state index in [2.05, 4.69) is 183 Å². The van der Waals surface area contributed by atoms with Crippen molar-refractivity contribution in [2.45, 2.75) is 52.1 Å². The van der Waals surface area contributed by atoms with Crippen LogP contribution in [0.5, 0.6) is 0 Å². The Morgan fingerprint density at radius 3 is 1.79 bits per heavy atom. The molecule has 8 aromatic rings. The van der Waals surface area contributed by atoms with Crippen molar-refractivity contribution in [3.63, 3.8) is 0 Å². The molecular formula is C59H72N12O2S2. The van der Waals surface area contributed by atoms with Crippen LogP contribution in [0.3, 0.4) is 0 Å². The van der Waals surface area contributed by atoms with Crippen LogP contribution in [0.1, 0.15) is 34.7 Å². The third-order valence-corrected chi connectivity index (χ3v) is 16.6. The molecule has 0 amide bonds. The number of morpholine rings is 2. The fourth-order valence-electron chi connectivity index (χ4n) is 10.7. The number of ether oxygens (including phenoxy) is 2. The lowest BCUT2D eigenvalue weighted by molar-refractivity contribution is -0.0117. The van der Waals surface area contributed by atoms with E-state index in [1.807, 2.05) is 44.6 Å². The minimum absolute atomic E-state index is 0.474. The van der Waals surface area contributed by atoms with Crippen molar-refractivity contribution >= 4 is 67.2 Å². The molecule has 14 nitrogen and oxygen atoms in total. The van der Waals surface area contributed by atoms with Crippen molar-refractivity contribution in [1.29, 1.82) is 0 Å². The third kappa shape index (κ3) is 12.6. The maximum atomic E-state index is 5.74. The minimum atomic E-state index is 0.474. The summed E-state index contributed by atoms with van der Waals surface area (Å²) in [4.78, 5) is 16.2. The molecule has 3 N–H and O–H groups in total. The van der Waals surface area contributed by atoms with Crippen LogP contribution < -0.4 is 25.8 Å². The Hall–Kier alpha value is -6.08. The van der Waals surface area contributed by atoms with Gasteiger partial charge in [0.25, 0.3) is 0 Å². The molecule has 4 saturated heterocycles. The summed E-state index contributed by atoms with van der Waals surface area (Å²) >= 11 is 3.64. The monoisotopic (exact) mass is 1040 g/mol. The van der Waals surface area contributed by atoms with Crippen LogP contribution in [-0.2, 0) is 35.7 Å². The zero-order chi connectivity index (χ0) is 51.5. The van der Waals surface area contributed by atoms with Gasteiger partial charge in [-0.25, -0.2) is 0 Å². The number of nitrogens with zero attached hydrogens (tertiary/aromatic N) is 9. The van der Waals surface area contributed by atoms with E-state index in [9.17, 15) is 0 Å². The number of fused-ring (bicyclic) bond motifs is 4. The van der Waals surface area contributed by atoms with Crippen molar-refractivity contribution in [2.24, 2.45) is 0 Å². The summed E-state index contributed by atoms with van der Waals surface area (Å²) in [6.45, 7) is 19.0. The van der Waals surface area contributed by atoms with Gasteiger partial charge >= 0.3 is 0 Å². The predicted octanol–water partition coefficient (Wildman–Crippen LogP) is 9.79. The summed E-state index contributed by atoms with van der Waals surface area (Å²) in [5.41, 5.74) is 12.9. The normalized spacial score (nSPS) is 17.9. The van der Waals surface area contributed by atoms with Gasteiger partial charge in [-0.15, -0.1) is 22.7 Å². The first-order valence-corrected chi connectivity index (χ1v) is 28.4. The van der Waals surface area contributed by atoms with Crippen molar-refractivity contribution in [2.75, 3.05) is 120 Å². The number of hydrogen-bond acceptors (Lipinski definition) is 16. The minimum Gasteiger partial charge on any atom is -0.378 e. The summed E-state index contributed by atoms with van der Waals surface area (Å²) in [6.07, 6.45) is 3.69. The van der Waals surface area contributed by atoms with Crippen LogP contribution >= 0.6 is 22.7 Å². The Kier molecular flexibility index (Phi) is 17.6. The highest BCUT2D eigenvalue weighted by Crippen LogP contribution is 2.35. The molecule has 0 aliphatic carbocycles. The van der Waals surface area contributed by atoms with Gasteiger partial charge in [-0.1, -0.05) is 62.4 Å². The molecule has 2 unspecified atom stereocenters. The molecule has 4 aromatic carbocycles. The number of piperazine rings is 2. The van der Waals surface area contributed by atoms with E-state index in [4.69, 9.17) is 9.47 Å². The van der Waals surface area contributed by atoms with Gasteiger partial charge in [-0.2, -0.15) is 20.4 Å².